The van der Waals surface area contributed by atoms with E-state index in [9.17, 15) is 0 Å². The Morgan fingerprint density at radius 2 is 1.70 bits per heavy atom. The number of hydrogen-bond donors (Lipinski definition) is 0. The predicted octanol–water partition coefficient (Wildman–Crippen LogP) is 4.76. The Hall–Kier alpha value is -1.39. The van der Waals surface area contributed by atoms with Crippen molar-refractivity contribution < 1.29 is 0 Å². The van der Waals surface area contributed by atoms with Crippen molar-refractivity contribution in [3.8, 4) is 5.69 Å². The molecule has 3 aromatic rings. The highest BCUT2D eigenvalue weighted by Gasteiger charge is 2.16. The molecule has 0 saturated heterocycles. The molecular weight excluding hydrogens is 338 g/mol. The molecule has 0 amide bonds. The van der Waals surface area contributed by atoms with Crippen LogP contribution in [0, 0.1) is 20.8 Å². The van der Waals surface area contributed by atoms with Crippen molar-refractivity contribution in [2.75, 3.05) is 0 Å². The molecule has 102 valence electrons. The highest BCUT2D eigenvalue weighted by Crippen LogP contribution is 2.30. The number of aryl methyl sites for hydroxylation is 3. The zero-order chi connectivity index (χ0) is 14.4. The van der Waals surface area contributed by atoms with Gasteiger partial charge in [-0.25, -0.2) is 9.67 Å². The second-order valence-corrected chi connectivity index (χ2v) is 6.10. The molecule has 0 atom stereocenters. The van der Waals surface area contributed by atoms with E-state index in [1.807, 2.05) is 49.7 Å². The number of nitrogens with zero attached hydrogens (tertiary/aromatic N) is 3. The van der Waals surface area contributed by atoms with E-state index in [0.717, 1.165) is 43.2 Å². The van der Waals surface area contributed by atoms with E-state index in [0.29, 0.717) is 0 Å². The summed E-state index contributed by atoms with van der Waals surface area (Å²) in [5.41, 5.74) is 4.64. The molecule has 0 unspecified atom stereocenters. The Balaban J connectivity index is 2.35. The zero-order valence-corrected chi connectivity index (χ0v) is 13.7. The van der Waals surface area contributed by atoms with E-state index in [-0.39, 0.29) is 0 Å². The van der Waals surface area contributed by atoms with Crippen LogP contribution in [0.3, 0.4) is 0 Å². The summed E-state index contributed by atoms with van der Waals surface area (Å²) in [4.78, 5) is 4.61. The lowest BCUT2D eigenvalue weighted by molar-refractivity contribution is 0.875. The number of hydrogen-bond acceptors (Lipinski definition) is 2. The van der Waals surface area contributed by atoms with Gasteiger partial charge in [0.05, 0.1) is 22.1 Å². The van der Waals surface area contributed by atoms with Gasteiger partial charge in [0.2, 0.25) is 0 Å². The molecule has 0 N–H and O–H groups in total. The highest BCUT2D eigenvalue weighted by atomic mass is 79.9. The van der Waals surface area contributed by atoms with Gasteiger partial charge in [0, 0.05) is 9.86 Å². The van der Waals surface area contributed by atoms with Gasteiger partial charge in [-0.2, -0.15) is 5.10 Å². The van der Waals surface area contributed by atoms with Crippen LogP contribution in [0.1, 0.15) is 17.0 Å². The van der Waals surface area contributed by atoms with Gasteiger partial charge in [0.15, 0.2) is 5.65 Å². The second-order valence-electron chi connectivity index (χ2n) is 4.81. The van der Waals surface area contributed by atoms with Crippen LogP contribution in [0.2, 0.25) is 5.02 Å². The van der Waals surface area contributed by atoms with E-state index in [1.54, 1.807) is 0 Å². The molecule has 0 aliphatic rings. The number of rotatable bonds is 1. The predicted molar refractivity (Wildman–Crippen MR) is 85.8 cm³/mol. The fourth-order valence-electron chi connectivity index (χ4n) is 2.41. The third-order valence-corrected chi connectivity index (χ3v) is 4.49. The van der Waals surface area contributed by atoms with Gasteiger partial charge in [0.1, 0.15) is 0 Å². The van der Waals surface area contributed by atoms with Crippen molar-refractivity contribution in [1.29, 1.82) is 0 Å². The molecule has 1 aromatic carbocycles. The number of halogens is 2. The molecule has 3 nitrogen and oxygen atoms in total. The highest BCUT2D eigenvalue weighted by molar-refractivity contribution is 9.10. The standard InChI is InChI=1S/C15H13BrClN3/c1-8-13-9(2)19-20(12-6-4-11(16)5-7-12)15(13)18-10(3)14(8)17/h4-7H,1-3H3. The molecule has 0 radical (unpaired) electrons. The lowest BCUT2D eigenvalue weighted by atomic mass is 10.1. The Morgan fingerprint density at radius 3 is 2.35 bits per heavy atom. The first-order valence-electron chi connectivity index (χ1n) is 6.27. The second kappa shape index (κ2) is 4.86. The van der Waals surface area contributed by atoms with Gasteiger partial charge in [-0.05, 0) is 50.6 Å². The molecule has 2 heterocycles. The Labute approximate surface area is 130 Å². The summed E-state index contributed by atoms with van der Waals surface area (Å²) < 4.78 is 2.91. The third-order valence-electron chi connectivity index (χ3n) is 3.40. The van der Waals surface area contributed by atoms with Crippen LogP contribution in [-0.4, -0.2) is 14.8 Å². The van der Waals surface area contributed by atoms with Crippen LogP contribution < -0.4 is 0 Å². The molecule has 0 aliphatic heterocycles. The molecule has 0 bridgehead atoms. The lowest BCUT2D eigenvalue weighted by Gasteiger charge is -2.06. The maximum absolute atomic E-state index is 6.30. The minimum absolute atomic E-state index is 0.718. The zero-order valence-electron chi connectivity index (χ0n) is 11.4. The largest absolute Gasteiger partial charge is 0.232 e. The Morgan fingerprint density at radius 1 is 1.05 bits per heavy atom. The summed E-state index contributed by atoms with van der Waals surface area (Å²) in [6.07, 6.45) is 0. The summed E-state index contributed by atoms with van der Waals surface area (Å²) in [7, 11) is 0. The Bertz CT molecular complexity index is 806. The summed E-state index contributed by atoms with van der Waals surface area (Å²) >= 11 is 9.74. The van der Waals surface area contributed by atoms with Gasteiger partial charge < -0.3 is 0 Å². The van der Waals surface area contributed by atoms with Crippen LogP contribution in [-0.2, 0) is 0 Å². The summed E-state index contributed by atoms with van der Waals surface area (Å²) in [5, 5.41) is 6.36. The first-order valence-corrected chi connectivity index (χ1v) is 7.44. The summed E-state index contributed by atoms with van der Waals surface area (Å²) in [5.74, 6) is 0. The fourth-order valence-corrected chi connectivity index (χ4v) is 2.81. The van der Waals surface area contributed by atoms with Crippen LogP contribution in [0.15, 0.2) is 28.7 Å². The molecule has 5 heteroatoms. The molecule has 0 spiro atoms. The molecular formula is C15H13BrClN3. The van der Waals surface area contributed by atoms with Gasteiger partial charge in [-0.3, -0.25) is 0 Å². The smallest absolute Gasteiger partial charge is 0.163 e. The minimum atomic E-state index is 0.718. The molecule has 20 heavy (non-hydrogen) atoms. The van der Waals surface area contributed by atoms with Crippen molar-refractivity contribution in [3.05, 3.63) is 50.7 Å². The monoisotopic (exact) mass is 349 g/mol. The van der Waals surface area contributed by atoms with Crippen LogP contribution in [0.4, 0.5) is 0 Å². The quantitative estimate of drug-likeness (QED) is 0.633. The molecule has 3 rings (SSSR count). The fraction of sp³-hybridized carbons (Fsp3) is 0.200. The van der Waals surface area contributed by atoms with Crippen LogP contribution in [0.25, 0.3) is 16.7 Å². The average Bonchev–Trinajstić information content (AvgIpc) is 2.74. The van der Waals surface area contributed by atoms with Gasteiger partial charge in [0.25, 0.3) is 0 Å². The average molecular weight is 351 g/mol. The SMILES string of the molecule is Cc1nc2c(c(C)nn2-c2ccc(Br)cc2)c(C)c1Cl. The summed E-state index contributed by atoms with van der Waals surface area (Å²) in [6.45, 7) is 5.92. The summed E-state index contributed by atoms with van der Waals surface area (Å²) in [6, 6.07) is 8.01. The molecule has 0 fully saturated rings. The Kier molecular flexibility index (Phi) is 3.30. The van der Waals surface area contributed by atoms with Gasteiger partial charge in [-0.1, -0.05) is 27.5 Å². The first-order chi connectivity index (χ1) is 9.49. The van der Waals surface area contributed by atoms with Gasteiger partial charge in [-0.15, -0.1) is 0 Å². The van der Waals surface area contributed by atoms with Crippen molar-refractivity contribution in [2.45, 2.75) is 20.8 Å². The topological polar surface area (TPSA) is 30.7 Å². The maximum Gasteiger partial charge on any atom is 0.163 e. The van der Waals surface area contributed by atoms with Crippen LogP contribution in [0.5, 0.6) is 0 Å². The van der Waals surface area contributed by atoms with Crippen molar-refractivity contribution in [2.24, 2.45) is 0 Å². The van der Waals surface area contributed by atoms with E-state index in [1.165, 1.54) is 0 Å². The minimum Gasteiger partial charge on any atom is -0.232 e. The number of pyridine rings is 1. The maximum atomic E-state index is 6.30. The number of benzene rings is 1. The van der Waals surface area contributed by atoms with Crippen molar-refractivity contribution >= 4 is 38.6 Å². The molecule has 0 aliphatic carbocycles. The molecule has 2 aromatic heterocycles. The van der Waals surface area contributed by atoms with Crippen molar-refractivity contribution in [3.63, 3.8) is 0 Å². The van der Waals surface area contributed by atoms with Gasteiger partial charge >= 0.3 is 0 Å². The first kappa shape index (κ1) is 13.6. The normalized spacial score (nSPS) is 11.2. The van der Waals surface area contributed by atoms with Crippen LogP contribution >= 0.6 is 27.5 Å². The van der Waals surface area contributed by atoms with E-state index in [2.05, 4.69) is 26.0 Å². The lowest BCUT2D eigenvalue weighted by Crippen LogP contribution is -1.99. The van der Waals surface area contributed by atoms with E-state index in [4.69, 9.17) is 11.6 Å². The third kappa shape index (κ3) is 2.03. The van der Waals surface area contributed by atoms with Crippen molar-refractivity contribution in [1.82, 2.24) is 14.8 Å². The van der Waals surface area contributed by atoms with E-state index >= 15 is 0 Å². The molecule has 0 saturated carbocycles. The van der Waals surface area contributed by atoms with E-state index < -0.39 is 0 Å². The number of aromatic nitrogens is 3. The number of fused-ring (bicyclic) bond motifs is 1.